The average Bonchev–Trinajstić information content (AvgIpc) is 2.15. The van der Waals surface area contributed by atoms with E-state index in [1.54, 1.807) is 0 Å². The van der Waals surface area contributed by atoms with Crippen LogP contribution >= 0.6 is 11.6 Å². The molecular weight excluding hydrogens is 184 g/mol. The third kappa shape index (κ3) is 3.14. The van der Waals surface area contributed by atoms with Gasteiger partial charge in [0.2, 0.25) is 0 Å². The number of hydrogen-bond acceptors (Lipinski definition) is 1. The molecule has 2 atom stereocenters. The largest absolute Gasteiger partial charge is 0.375 e. The van der Waals surface area contributed by atoms with Gasteiger partial charge in [-0.05, 0) is 25.7 Å². The highest BCUT2D eigenvalue weighted by Gasteiger charge is 2.34. The van der Waals surface area contributed by atoms with Gasteiger partial charge in [-0.15, -0.1) is 11.6 Å². The van der Waals surface area contributed by atoms with Gasteiger partial charge in [0.05, 0.1) is 5.60 Å². The van der Waals surface area contributed by atoms with Crippen LogP contribution in [0.4, 0.5) is 0 Å². The van der Waals surface area contributed by atoms with E-state index in [2.05, 4.69) is 13.8 Å². The molecule has 1 heterocycles. The van der Waals surface area contributed by atoms with E-state index in [-0.39, 0.29) is 5.60 Å². The SMILES string of the molecule is CCCCC1(CC)CC(Cl)CCO1. The lowest BCUT2D eigenvalue weighted by Gasteiger charge is -2.38. The predicted molar refractivity (Wildman–Crippen MR) is 57.4 cm³/mol. The Labute approximate surface area is 86.8 Å². The zero-order valence-electron chi connectivity index (χ0n) is 8.81. The van der Waals surface area contributed by atoms with E-state index in [9.17, 15) is 0 Å². The summed E-state index contributed by atoms with van der Waals surface area (Å²) in [7, 11) is 0. The molecule has 0 bridgehead atoms. The lowest BCUT2D eigenvalue weighted by atomic mass is 9.86. The van der Waals surface area contributed by atoms with Crippen LogP contribution in [0.3, 0.4) is 0 Å². The molecule has 1 nitrogen and oxygen atoms in total. The summed E-state index contributed by atoms with van der Waals surface area (Å²) in [6.07, 6.45) is 6.87. The molecule has 2 unspecified atom stereocenters. The van der Waals surface area contributed by atoms with E-state index in [1.165, 1.54) is 19.3 Å². The lowest BCUT2D eigenvalue weighted by molar-refractivity contribution is -0.0852. The van der Waals surface area contributed by atoms with E-state index < -0.39 is 0 Å². The fourth-order valence-corrected chi connectivity index (χ4v) is 2.43. The van der Waals surface area contributed by atoms with Crippen molar-refractivity contribution in [2.45, 2.75) is 63.4 Å². The molecule has 78 valence electrons. The van der Waals surface area contributed by atoms with E-state index in [4.69, 9.17) is 16.3 Å². The van der Waals surface area contributed by atoms with Crippen molar-refractivity contribution in [2.24, 2.45) is 0 Å². The van der Waals surface area contributed by atoms with Crippen LogP contribution in [0.5, 0.6) is 0 Å². The first-order chi connectivity index (χ1) is 6.22. The molecule has 2 heteroatoms. The number of hydrogen-bond donors (Lipinski definition) is 0. The molecule has 13 heavy (non-hydrogen) atoms. The van der Waals surface area contributed by atoms with Gasteiger partial charge in [0.25, 0.3) is 0 Å². The maximum Gasteiger partial charge on any atom is 0.0694 e. The maximum atomic E-state index is 6.18. The summed E-state index contributed by atoms with van der Waals surface area (Å²) >= 11 is 6.18. The molecule has 1 rings (SSSR count). The molecule has 1 fully saturated rings. The molecule has 0 aromatic rings. The first-order valence-electron chi connectivity index (χ1n) is 5.50. The number of unbranched alkanes of at least 4 members (excludes halogenated alkanes) is 1. The molecule has 0 spiro atoms. The fourth-order valence-electron chi connectivity index (χ4n) is 2.06. The molecule has 1 saturated heterocycles. The second kappa shape index (κ2) is 5.21. The summed E-state index contributed by atoms with van der Waals surface area (Å²) in [5, 5.41) is 0.338. The van der Waals surface area contributed by atoms with Crippen LogP contribution in [0.2, 0.25) is 0 Å². The Balaban J connectivity index is 2.46. The third-order valence-electron chi connectivity index (χ3n) is 3.06. The van der Waals surface area contributed by atoms with Crippen molar-refractivity contribution in [3.63, 3.8) is 0 Å². The molecule has 0 aliphatic carbocycles. The van der Waals surface area contributed by atoms with Crippen molar-refractivity contribution in [1.82, 2.24) is 0 Å². The molecule has 0 aromatic heterocycles. The summed E-state index contributed by atoms with van der Waals surface area (Å²) in [5.74, 6) is 0. The predicted octanol–water partition coefficient (Wildman–Crippen LogP) is 3.74. The highest BCUT2D eigenvalue weighted by molar-refractivity contribution is 6.20. The van der Waals surface area contributed by atoms with Crippen molar-refractivity contribution in [3.8, 4) is 0 Å². The summed E-state index contributed by atoms with van der Waals surface area (Å²) in [5.41, 5.74) is 0.112. The maximum absolute atomic E-state index is 6.18. The first kappa shape index (κ1) is 11.3. The molecule has 0 radical (unpaired) electrons. The van der Waals surface area contributed by atoms with Gasteiger partial charge in [0, 0.05) is 12.0 Å². The van der Waals surface area contributed by atoms with E-state index in [0.29, 0.717) is 5.38 Å². The van der Waals surface area contributed by atoms with Gasteiger partial charge < -0.3 is 4.74 Å². The number of alkyl halides is 1. The normalized spacial score (nSPS) is 34.8. The van der Waals surface area contributed by atoms with Gasteiger partial charge in [-0.2, -0.15) is 0 Å². The highest BCUT2D eigenvalue weighted by Crippen LogP contribution is 2.35. The monoisotopic (exact) mass is 204 g/mol. The Morgan fingerprint density at radius 3 is 2.77 bits per heavy atom. The Hall–Kier alpha value is 0.250. The molecule has 0 N–H and O–H groups in total. The standard InChI is InChI=1S/C11H21ClO/c1-3-5-7-11(4-2)9-10(12)6-8-13-11/h10H,3-9H2,1-2H3. The minimum Gasteiger partial charge on any atom is -0.375 e. The summed E-state index contributed by atoms with van der Waals surface area (Å²) in [6.45, 7) is 5.29. The highest BCUT2D eigenvalue weighted by atomic mass is 35.5. The molecular formula is C11H21ClO. The summed E-state index contributed by atoms with van der Waals surface area (Å²) in [4.78, 5) is 0. The minimum atomic E-state index is 0.112. The Morgan fingerprint density at radius 1 is 1.46 bits per heavy atom. The third-order valence-corrected chi connectivity index (χ3v) is 3.44. The van der Waals surface area contributed by atoms with Crippen molar-refractivity contribution in [3.05, 3.63) is 0 Å². The second-order valence-electron chi connectivity index (χ2n) is 4.08. The quantitative estimate of drug-likeness (QED) is 0.634. The number of rotatable bonds is 4. The van der Waals surface area contributed by atoms with Gasteiger partial charge in [-0.1, -0.05) is 26.7 Å². The Kier molecular flexibility index (Phi) is 4.54. The van der Waals surface area contributed by atoms with Crippen LogP contribution in [0, 0.1) is 0 Å². The van der Waals surface area contributed by atoms with E-state index in [0.717, 1.165) is 25.9 Å². The zero-order valence-corrected chi connectivity index (χ0v) is 9.57. The molecule has 1 aliphatic rings. The van der Waals surface area contributed by atoms with Gasteiger partial charge >= 0.3 is 0 Å². The summed E-state index contributed by atoms with van der Waals surface area (Å²) < 4.78 is 5.90. The molecule has 0 aromatic carbocycles. The van der Waals surface area contributed by atoms with Gasteiger partial charge in [0.15, 0.2) is 0 Å². The van der Waals surface area contributed by atoms with Crippen LogP contribution in [0.25, 0.3) is 0 Å². The van der Waals surface area contributed by atoms with Gasteiger partial charge in [0.1, 0.15) is 0 Å². The Bertz CT molecular complexity index is 149. The topological polar surface area (TPSA) is 9.23 Å². The van der Waals surface area contributed by atoms with E-state index in [1.807, 2.05) is 0 Å². The van der Waals surface area contributed by atoms with E-state index >= 15 is 0 Å². The lowest BCUT2D eigenvalue weighted by Crippen LogP contribution is -2.39. The fraction of sp³-hybridized carbons (Fsp3) is 1.00. The number of halogens is 1. The molecule has 1 aliphatic heterocycles. The van der Waals surface area contributed by atoms with Crippen LogP contribution in [0.1, 0.15) is 52.4 Å². The molecule has 0 saturated carbocycles. The van der Waals surface area contributed by atoms with Crippen molar-refractivity contribution in [1.29, 1.82) is 0 Å². The van der Waals surface area contributed by atoms with Crippen LogP contribution in [-0.4, -0.2) is 17.6 Å². The Morgan fingerprint density at radius 2 is 2.23 bits per heavy atom. The minimum absolute atomic E-state index is 0.112. The second-order valence-corrected chi connectivity index (χ2v) is 4.70. The van der Waals surface area contributed by atoms with Crippen LogP contribution in [0.15, 0.2) is 0 Å². The van der Waals surface area contributed by atoms with Crippen LogP contribution in [-0.2, 0) is 4.74 Å². The van der Waals surface area contributed by atoms with Crippen molar-refractivity contribution < 1.29 is 4.74 Å². The first-order valence-corrected chi connectivity index (χ1v) is 5.94. The van der Waals surface area contributed by atoms with Gasteiger partial charge in [-0.3, -0.25) is 0 Å². The smallest absolute Gasteiger partial charge is 0.0694 e. The van der Waals surface area contributed by atoms with Crippen molar-refractivity contribution >= 4 is 11.6 Å². The molecule has 0 amide bonds. The summed E-state index contributed by atoms with van der Waals surface area (Å²) in [6, 6.07) is 0. The van der Waals surface area contributed by atoms with Crippen LogP contribution < -0.4 is 0 Å². The zero-order chi connectivity index (χ0) is 9.73. The van der Waals surface area contributed by atoms with Crippen molar-refractivity contribution in [2.75, 3.05) is 6.61 Å². The number of ether oxygens (including phenoxy) is 1. The van der Waals surface area contributed by atoms with Gasteiger partial charge in [-0.25, -0.2) is 0 Å². The average molecular weight is 205 g/mol.